The van der Waals surface area contributed by atoms with Gasteiger partial charge in [-0.2, -0.15) is 9.99 Å². The Labute approximate surface area is 69.8 Å². The molecule has 1 aromatic rings. The van der Waals surface area contributed by atoms with Gasteiger partial charge in [0.05, 0.1) is 12.8 Å². The molecule has 5 nitrogen and oxygen atoms in total. The van der Waals surface area contributed by atoms with E-state index in [9.17, 15) is 4.79 Å². The molecule has 0 N–H and O–H groups in total. The summed E-state index contributed by atoms with van der Waals surface area (Å²) in [6, 6.07) is 0. The van der Waals surface area contributed by atoms with Crippen LogP contribution >= 0.6 is 0 Å². The topological polar surface area (TPSA) is 53.4 Å². The van der Waals surface area contributed by atoms with Crippen LogP contribution in [0.3, 0.4) is 0 Å². The van der Waals surface area contributed by atoms with Gasteiger partial charge in [0.15, 0.2) is 0 Å². The number of hydrogen-bond donors (Lipinski definition) is 0. The summed E-state index contributed by atoms with van der Waals surface area (Å²) in [5, 5.41) is 3.81. The number of carbonyl (C=O) groups excluding carboxylic acids is 1. The number of rotatable bonds is 3. The quantitative estimate of drug-likeness (QED) is 0.490. The Morgan fingerprint density at radius 3 is 3.00 bits per heavy atom. The summed E-state index contributed by atoms with van der Waals surface area (Å²) in [5.74, 6) is -0.523. The molecule has 0 aromatic carbocycles. The van der Waals surface area contributed by atoms with Gasteiger partial charge in [-0.25, -0.2) is 4.79 Å². The van der Waals surface area contributed by atoms with E-state index >= 15 is 0 Å². The first kappa shape index (κ1) is 8.73. The third-order valence-electron chi connectivity index (χ3n) is 1.19. The Morgan fingerprint density at radius 2 is 2.50 bits per heavy atom. The highest BCUT2D eigenvalue weighted by atomic mass is 17.2. The van der Waals surface area contributed by atoms with Crippen molar-refractivity contribution in [2.75, 3.05) is 6.61 Å². The van der Waals surface area contributed by atoms with Gasteiger partial charge in [0.1, 0.15) is 5.56 Å². The Bertz CT molecular complexity index is 269. The lowest BCUT2D eigenvalue weighted by Crippen LogP contribution is -2.04. The molecule has 1 heterocycles. The van der Waals surface area contributed by atoms with Crippen LogP contribution < -0.4 is 0 Å². The predicted molar refractivity (Wildman–Crippen MR) is 40.2 cm³/mol. The van der Waals surface area contributed by atoms with Crippen molar-refractivity contribution in [3.63, 3.8) is 0 Å². The van der Waals surface area contributed by atoms with Gasteiger partial charge in [-0.1, -0.05) is 0 Å². The molecular weight excluding hydrogens is 160 g/mol. The van der Waals surface area contributed by atoms with E-state index in [1.54, 1.807) is 20.2 Å². The van der Waals surface area contributed by atoms with Crippen LogP contribution in [-0.2, 0) is 16.8 Å². The highest BCUT2D eigenvalue weighted by molar-refractivity contribution is 5.88. The van der Waals surface area contributed by atoms with Crippen LogP contribution in [0.4, 0.5) is 0 Å². The molecule has 0 saturated carbocycles. The zero-order valence-corrected chi connectivity index (χ0v) is 6.98. The van der Waals surface area contributed by atoms with Crippen LogP contribution in [0.25, 0.3) is 0 Å². The molecule has 0 radical (unpaired) electrons. The van der Waals surface area contributed by atoms with Crippen molar-refractivity contribution < 1.29 is 14.6 Å². The maximum Gasteiger partial charge on any atom is 0.376 e. The van der Waals surface area contributed by atoms with Crippen molar-refractivity contribution in [1.29, 1.82) is 0 Å². The fourth-order valence-corrected chi connectivity index (χ4v) is 0.687. The SMILES string of the molecule is CCOOC(=O)c1cnn(C)c1. The first-order valence-electron chi connectivity index (χ1n) is 3.56. The van der Waals surface area contributed by atoms with E-state index in [2.05, 4.69) is 14.9 Å². The Morgan fingerprint density at radius 1 is 1.75 bits per heavy atom. The van der Waals surface area contributed by atoms with Gasteiger partial charge >= 0.3 is 5.97 Å². The molecule has 0 amide bonds. The molecule has 0 saturated heterocycles. The van der Waals surface area contributed by atoms with E-state index in [4.69, 9.17) is 0 Å². The standard InChI is InChI=1S/C7H10N2O3/c1-3-11-12-7(10)6-4-8-9(2)5-6/h4-5H,3H2,1-2H3. The Hall–Kier alpha value is -1.36. The van der Waals surface area contributed by atoms with E-state index in [1.165, 1.54) is 10.9 Å². The van der Waals surface area contributed by atoms with Crippen molar-refractivity contribution >= 4 is 5.97 Å². The molecule has 0 aliphatic rings. The van der Waals surface area contributed by atoms with Gasteiger partial charge in [-0.3, -0.25) is 9.57 Å². The van der Waals surface area contributed by atoms with Gasteiger partial charge in [-0.15, -0.1) is 0 Å². The fourth-order valence-electron chi connectivity index (χ4n) is 0.687. The summed E-state index contributed by atoms with van der Waals surface area (Å²) in [7, 11) is 1.72. The lowest BCUT2D eigenvalue weighted by atomic mass is 10.4. The van der Waals surface area contributed by atoms with E-state index in [1.807, 2.05) is 0 Å². The van der Waals surface area contributed by atoms with Gasteiger partial charge in [0.2, 0.25) is 0 Å². The minimum Gasteiger partial charge on any atom is -0.293 e. The van der Waals surface area contributed by atoms with Gasteiger partial charge in [0, 0.05) is 13.2 Å². The number of carbonyl (C=O) groups is 1. The van der Waals surface area contributed by atoms with E-state index in [-0.39, 0.29) is 0 Å². The molecule has 0 spiro atoms. The molecule has 0 aliphatic carbocycles. The second kappa shape index (κ2) is 3.87. The summed E-state index contributed by atoms with van der Waals surface area (Å²) < 4.78 is 1.52. The van der Waals surface area contributed by atoms with Crippen molar-refractivity contribution in [3.05, 3.63) is 18.0 Å². The number of hydrogen-bond acceptors (Lipinski definition) is 4. The highest BCUT2D eigenvalue weighted by Gasteiger charge is 2.09. The average molecular weight is 170 g/mol. The second-order valence-electron chi connectivity index (χ2n) is 2.18. The van der Waals surface area contributed by atoms with Gasteiger partial charge in [0.25, 0.3) is 0 Å². The predicted octanol–water partition coefficient (Wildman–Crippen LogP) is 0.528. The normalized spacial score (nSPS) is 9.83. The lowest BCUT2D eigenvalue weighted by Gasteiger charge is -1.96. The van der Waals surface area contributed by atoms with Crippen molar-refractivity contribution in [3.8, 4) is 0 Å². The first-order valence-corrected chi connectivity index (χ1v) is 3.56. The van der Waals surface area contributed by atoms with Crippen LogP contribution in [0.15, 0.2) is 12.4 Å². The van der Waals surface area contributed by atoms with Crippen molar-refractivity contribution in [2.45, 2.75) is 6.92 Å². The second-order valence-corrected chi connectivity index (χ2v) is 2.18. The molecule has 0 unspecified atom stereocenters. The number of aromatic nitrogens is 2. The summed E-state index contributed by atoms with van der Waals surface area (Å²) in [5.41, 5.74) is 0.381. The monoisotopic (exact) mass is 170 g/mol. The molecule has 1 rings (SSSR count). The molecule has 1 aromatic heterocycles. The van der Waals surface area contributed by atoms with E-state index < -0.39 is 5.97 Å². The molecule has 0 bridgehead atoms. The van der Waals surface area contributed by atoms with Gasteiger partial charge < -0.3 is 0 Å². The van der Waals surface area contributed by atoms with E-state index in [0.717, 1.165) is 0 Å². The highest BCUT2D eigenvalue weighted by Crippen LogP contribution is 1.99. The number of aryl methyl sites for hydroxylation is 1. The average Bonchev–Trinajstić information content (AvgIpc) is 2.47. The largest absolute Gasteiger partial charge is 0.376 e. The third kappa shape index (κ3) is 2.06. The van der Waals surface area contributed by atoms with Crippen molar-refractivity contribution in [2.24, 2.45) is 7.05 Å². The Balaban J connectivity index is 2.53. The van der Waals surface area contributed by atoms with Crippen LogP contribution in [-0.4, -0.2) is 22.4 Å². The molecule has 0 fully saturated rings. The zero-order chi connectivity index (χ0) is 8.97. The third-order valence-corrected chi connectivity index (χ3v) is 1.19. The zero-order valence-electron chi connectivity index (χ0n) is 6.98. The molecule has 66 valence electrons. The van der Waals surface area contributed by atoms with Crippen LogP contribution in [0.2, 0.25) is 0 Å². The summed E-state index contributed by atoms with van der Waals surface area (Å²) in [6.45, 7) is 2.07. The first-order chi connectivity index (χ1) is 5.74. The molecule has 5 heteroatoms. The smallest absolute Gasteiger partial charge is 0.293 e. The Kier molecular flexibility index (Phi) is 2.82. The van der Waals surface area contributed by atoms with Crippen LogP contribution in [0, 0.1) is 0 Å². The maximum absolute atomic E-state index is 11.0. The lowest BCUT2D eigenvalue weighted by molar-refractivity contribution is -0.236. The molecule has 0 atom stereocenters. The maximum atomic E-state index is 11.0. The van der Waals surface area contributed by atoms with Crippen LogP contribution in [0.5, 0.6) is 0 Å². The number of nitrogens with zero attached hydrogens (tertiary/aromatic N) is 2. The molecule has 0 aliphatic heterocycles. The van der Waals surface area contributed by atoms with Gasteiger partial charge in [-0.05, 0) is 6.92 Å². The fraction of sp³-hybridized carbons (Fsp3) is 0.429. The summed E-state index contributed by atoms with van der Waals surface area (Å²) in [4.78, 5) is 19.9. The minimum atomic E-state index is -0.523. The van der Waals surface area contributed by atoms with Crippen LogP contribution in [0.1, 0.15) is 17.3 Å². The molecule has 12 heavy (non-hydrogen) atoms. The minimum absolute atomic E-state index is 0.339. The molecular formula is C7H10N2O3. The van der Waals surface area contributed by atoms with E-state index in [0.29, 0.717) is 12.2 Å². The summed E-state index contributed by atoms with van der Waals surface area (Å²) >= 11 is 0. The summed E-state index contributed by atoms with van der Waals surface area (Å²) in [6.07, 6.45) is 2.97. The van der Waals surface area contributed by atoms with Crippen molar-refractivity contribution in [1.82, 2.24) is 9.78 Å².